The third kappa shape index (κ3) is 1.74. The topological polar surface area (TPSA) is 82.1 Å². The molecule has 0 bridgehead atoms. The molecule has 0 aromatic heterocycles. The second-order valence-electron chi connectivity index (χ2n) is 8.39. The zero-order valence-electron chi connectivity index (χ0n) is 15.1. The molecular weight excluding hydrogens is 336 g/mol. The number of allylic oxidation sites excluding steroid dienone is 1. The first-order chi connectivity index (χ1) is 12.4. The maximum atomic E-state index is 13.0. The van der Waals surface area contributed by atoms with Crippen molar-refractivity contribution in [3.8, 4) is 0 Å². The summed E-state index contributed by atoms with van der Waals surface area (Å²) in [6.45, 7) is 6.20. The number of aliphatic hydroxyl groups is 1. The lowest BCUT2D eigenvalue weighted by Crippen LogP contribution is -2.58. The summed E-state index contributed by atoms with van der Waals surface area (Å²) in [6.07, 6.45) is 0.700. The summed E-state index contributed by atoms with van der Waals surface area (Å²) in [4.78, 5) is 36.4. The number of hydrogen-bond donors (Lipinski definition) is 1. The molecule has 0 aromatic rings. The maximum Gasteiger partial charge on any atom is 0.334 e. The minimum absolute atomic E-state index is 0.0639. The van der Waals surface area contributed by atoms with Gasteiger partial charge in [-0.05, 0) is 41.4 Å². The first-order valence-electron chi connectivity index (χ1n) is 9.28. The molecule has 5 rings (SSSR count). The lowest BCUT2D eigenvalue weighted by Gasteiger charge is -2.56. The number of cyclic esters (lactones) is 1. The minimum Gasteiger partial charge on any atom is -0.507 e. The fourth-order valence-corrected chi connectivity index (χ4v) is 5.69. The van der Waals surface area contributed by atoms with Crippen LogP contribution in [-0.2, 0) is 24.1 Å². The van der Waals surface area contributed by atoms with E-state index in [4.69, 9.17) is 14.5 Å². The van der Waals surface area contributed by atoms with Gasteiger partial charge in [-0.15, -0.1) is 0 Å². The number of rotatable bonds is 1. The monoisotopic (exact) mass is 358 g/mol. The zero-order valence-corrected chi connectivity index (χ0v) is 15.1. The van der Waals surface area contributed by atoms with E-state index >= 15 is 0 Å². The van der Waals surface area contributed by atoms with Crippen LogP contribution in [0.15, 0.2) is 33.6 Å². The summed E-state index contributed by atoms with van der Waals surface area (Å²) in [5, 5.41) is 10.9. The number of ketones is 1. The Labute approximate surface area is 151 Å². The Morgan fingerprint density at radius 2 is 1.96 bits per heavy atom. The zero-order chi connectivity index (χ0) is 18.4. The minimum atomic E-state index is -0.803. The van der Waals surface area contributed by atoms with Gasteiger partial charge >= 0.3 is 5.97 Å². The Bertz CT molecular complexity index is 844. The highest BCUT2D eigenvalue weighted by Crippen LogP contribution is 2.61. The van der Waals surface area contributed by atoms with Crippen molar-refractivity contribution in [1.29, 1.82) is 0 Å². The molecule has 138 valence electrons. The Hall–Kier alpha value is -1.92. The standard InChI is InChI=1S/C20H22O6/c1-8(2)14-16(21)9-4-5-12-11-7-24-19(23)10(11)6-13-20(12,3)15(9)18(17(14)22)26-25-13/h8,12-13,18,21H,4-7H2,1-3H3. The number of carbonyl (C=O) groups excluding carboxylic acids is 2. The van der Waals surface area contributed by atoms with Crippen molar-refractivity contribution in [2.45, 2.75) is 52.2 Å². The summed E-state index contributed by atoms with van der Waals surface area (Å²) >= 11 is 0. The molecule has 4 unspecified atom stereocenters. The van der Waals surface area contributed by atoms with E-state index in [2.05, 4.69) is 6.92 Å². The highest BCUT2D eigenvalue weighted by Gasteiger charge is 2.62. The highest BCUT2D eigenvalue weighted by molar-refractivity contribution is 6.04. The van der Waals surface area contributed by atoms with Gasteiger partial charge in [0.05, 0.1) is 0 Å². The molecule has 2 aliphatic heterocycles. The van der Waals surface area contributed by atoms with E-state index in [0.717, 1.165) is 23.1 Å². The largest absolute Gasteiger partial charge is 0.507 e. The number of fused-ring (bicyclic) bond motifs is 1. The Morgan fingerprint density at radius 1 is 1.19 bits per heavy atom. The molecule has 6 nitrogen and oxygen atoms in total. The fraction of sp³-hybridized carbons (Fsp3) is 0.600. The molecule has 0 saturated carbocycles. The predicted molar refractivity (Wildman–Crippen MR) is 89.7 cm³/mol. The van der Waals surface area contributed by atoms with Gasteiger partial charge in [0.2, 0.25) is 0 Å². The Balaban J connectivity index is 1.73. The lowest BCUT2D eigenvalue weighted by atomic mass is 9.52. The SMILES string of the molecule is CC(C)C1=C(O)C2=C3C(OOC4CC5=C(COC5=O)C(CC2)C34C)C1=O. The molecule has 5 aliphatic rings. The molecule has 2 heterocycles. The van der Waals surface area contributed by atoms with E-state index in [9.17, 15) is 14.7 Å². The smallest absolute Gasteiger partial charge is 0.334 e. The molecule has 0 aromatic carbocycles. The van der Waals surface area contributed by atoms with Crippen LogP contribution >= 0.6 is 0 Å². The normalized spacial score (nSPS) is 38.7. The van der Waals surface area contributed by atoms with E-state index in [0.29, 0.717) is 30.6 Å². The second kappa shape index (κ2) is 5.08. The van der Waals surface area contributed by atoms with Crippen LogP contribution in [0.5, 0.6) is 0 Å². The third-order valence-corrected chi connectivity index (χ3v) is 6.94. The van der Waals surface area contributed by atoms with Crippen LogP contribution < -0.4 is 0 Å². The number of esters is 1. The van der Waals surface area contributed by atoms with Crippen molar-refractivity contribution >= 4 is 11.8 Å². The van der Waals surface area contributed by atoms with Gasteiger partial charge in [0, 0.05) is 23.0 Å². The molecule has 0 spiro atoms. The number of carbonyl (C=O) groups is 2. The van der Waals surface area contributed by atoms with Crippen molar-refractivity contribution in [1.82, 2.24) is 0 Å². The average Bonchev–Trinajstić information content (AvgIpc) is 2.94. The molecule has 0 amide bonds. The summed E-state index contributed by atoms with van der Waals surface area (Å²) in [7, 11) is 0. The maximum absolute atomic E-state index is 13.0. The summed E-state index contributed by atoms with van der Waals surface area (Å²) in [5.74, 6) is -0.384. The molecule has 6 heteroatoms. The van der Waals surface area contributed by atoms with Crippen molar-refractivity contribution in [3.63, 3.8) is 0 Å². The summed E-state index contributed by atoms with van der Waals surface area (Å²) in [5.41, 5.74) is 3.37. The molecule has 3 aliphatic carbocycles. The van der Waals surface area contributed by atoms with Gasteiger partial charge < -0.3 is 9.84 Å². The first-order valence-corrected chi connectivity index (χ1v) is 9.28. The summed E-state index contributed by atoms with van der Waals surface area (Å²) in [6, 6.07) is 0. The average molecular weight is 358 g/mol. The van der Waals surface area contributed by atoms with E-state index in [1.54, 1.807) is 0 Å². The molecule has 0 radical (unpaired) electrons. The van der Waals surface area contributed by atoms with E-state index in [1.165, 1.54) is 0 Å². The van der Waals surface area contributed by atoms with Gasteiger partial charge in [-0.2, -0.15) is 0 Å². The number of aliphatic hydroxyl groups excluding tert-OH is 1. The van der Waals surface area contributed by atoms with Crippen LogP contribution in [0.1, 0.15) is 40.0 Å². The van der Waals surface area contributed by atoms with E-state index in [1.807, 2.05) is 13.8 Å². The Kier molecular flexibility index (Phi) is 3.18. The van der Waals surface area contributed by atoms with Gasteiger partial charge in [0.1, 0.15) is 18.5 Å². The van der Waals surface area contributed by atoms with Gasteiger partial charge in [0.15, 0.2) is 11.9 Å². The molecular formula is C20H22O6. The Morgan fingerprint density at radius 3 is 2.69 bits per heavy atom. The number of Topliss-reactive ketones (excluding diaryl/α,β-unsaturated/α-hetero) is 1. The quantitative estimate of drug-likeness (QED) is 0.573. The van der Waals surface area contributed by atoms with Gasteiger partial charge in [-0.3, -0.25) is 4.79 Å². The fourth-order valence-electron chi connectivity index (χ4n) is 5.69. The van der Waals surface area contributed by atoms with Crippen molar-refractivity contribution < 1.29 is 29.2 Å². The molecule has 4 atom stereocenters. The van der Waals surface area contributed by atoms with Crippen LogP contribution in [-0.4, -0.2) is 35.7 Å². The third-order valence-electron chi connectivity index (χ3n) is 6.94. The van der Waals surface area contributed by atoms with Gasteiger partial charge in [-0.25, -0.2) is 14.6 Å². The lowest BCUT2D eigenvalue weighted by molar-refractivity contribution is -0.379. The number of ether oxygens (including phenoxy) is 1. The summed E-state index contributed by atoms with van der Waals surface area (Å²) < 4.78 is 5.28. The van der Waals surface area contributed by atoms with Gasteiger partial charge in [-0.1, -0.05) is 20.8 Å². The number of hydrogen-bond acceptors (Lipinski definition) is 6. The van der Waals surface area contributed by atoms with Crippen molar-refractivity contribution in [3.05, 3.63) is 33.6 Å². The second-order valence-corrected chi connectivity index (χ2v) is 8.39. The molecule has 1 saturated heterocycles. The highest BCUT2D eigenvalue weighted by atomic mass is 17.2. The van der Waals surface area contributed by atoms with Crippen LogP contribution in [0.25, 0.3) is 0 Å². The molecule has 1 N–H and O–H groups in total. The molecule has 26 heavy (non-hydrogen) atoms. The predicted octanol–water partition coefficient (Wildman–Crippen LogP) is 2.71. The van der Waals surface area contributed by atoms with Crippen LogP contribution in [0.3, 0.4) is 0 Å². The van der Waals surface area contributed by atoms with E-state index < -0.39 is 11.5 Å². The van der Waals surface area contributed by atoms with Crippen molar-refractivity contribution in [2.24, 2.45) is 17.3 Å². The van der Waals surface area contributed by atoms with Crippen LogP contribution in [0.4, 0.5) is 0 Å². The van der Waals surface area contributed by atoms with Crippen molar-refractivity contribution in [2.75, 3.05) is 6.61 Å². The van der Waals surface area contributed by atoms with Crippen LogP contribution in [0, 0.1) is 17.3 Å². The molecule has 1 fully saturated rings. The van der Waals surface area contributed by atoms with Gasteiger partial charge in [0.25, 0.3) is 0 Å². The van der Waals surface area contributed by atoms with Crippen LogP contribution in [0.2, 0.25) is 0 Å². The first kappa shape index (κ1) is 16.3. The van der Waals surface area contributed by atoms with E-state index in [-0.39, 0.29) is 35.5 Å².